The van der Waals surface area contributed by atoms with Crippen molar-refractivity contribution in [3.63, 3.8) is 0 Å². The number of hydrogen-bond acceptors (Lipinski definition) is 3. The van der Waals surface area contributed by atoms with Gasteiger partial charge in [-0.2, -0.15) is 0 Å². The minimum Gasteiger partial charge on any atom is -0.369 e. The molecule has 2 atom stereocenters. The minimum atomic E-state index is 0.459. The maximum Gasteiger partial charge on any atom is 0.191 e. The summed E-state index contributed by atoms with van der Waals surface area (Å²) >= 11 is 0. The summed E-state index contributed by atoms with van der Waals surface area (Å²) in [5.41, 5.74) is 1.32. The fourth-order valence-corrected chi connectivity index (χ4v) is 4.38. The molecular formula is C22H37N5. The highest BCUT2D eigenvalue weighted by Gasteiger charge is 2.24. The molecule has 5 nitrogen and oxygen atoms in total. The van der Waals surface area contributed by atoms with Crippen molar-refractivity contribution in [2.45, 2.75) is 39.2 Å². The van der Waals surface area contributed by atoms with Crippen molar-refractivity contribution in [1.82, 2.24) is 15.5 Å². The molecule has 27 heavy (non-hydrogen) atoms. The van der Waals surface area contributed by atoms with E-state index in [1.165, 1.54) is 38.2 Å². The molecular weight excluding hydrogens is 334 g/mol. The molecule has 0 bridgehead atoms. The molecule has 2 saturated heterocycles. The molecule has 0 radical (unpaired) electrons. The molecule has 0 aliphatic carbocycles. The molecule has 2 N–H and O–H groups in total. The Kier molecular flexibility index (Phi) is 7.39. The lowest BCUT2D eigenvalue weighted by Crippen LogP contribution is -2.48. The number of anilines is 1. The van der Waals surface area contributed by atoms with E-state index in [0.29, 0.717) is 6.04 Å². The Bertz CT molecular complexity index is 586. The van der Waals surface area contributed by atoms with Crippen molar-refractivity contribution in [2.24, 2.45) is 16.8 Å². The zero-order chi connectivity index (χ0) is 19.1. The number of nitrogens with zero attached hydrogens (tertiary/aromatic N) is 3. The SMILES string of the molecule is CN=C(NCC1CCCN(CC(C)C)C1)NC1CCN(c2ccccc2)C1. The van der Waals surface area contributed by atoms with Gasteiger partial charge in [0.05, 0.1) is 0 Å². The van der Waals surface area contributed by atoms with Crippen molar-refractivity contribution in [1.29, 1.82) is 0 Å². The van der Waals surface area contributed by atoms with Gasteiger partial charge in [0, 0.05) is 51.5 Å². The summed E-state index contributed by atoms with van der Waals surface area (Å²) in [5.74, 6) is 2.43. The van der Waals surface area contributed by atoms with E-state index in [9.17, 15) is 0 Å². The summed E-state index contributed by atoms with van der Waals surface area (Å²) in [6.45, 7) is 11.5. The van der Waals surface area contributed by atoms with E-state index >= 15 is 0 Å². The fourth-order valence-electron chi connectivity index (χ4n) is 4.38. The first kappa shape index (κ1) is 20.0. The smallest absolute Gasteiger partial charge is 0.191 e. The Morgan fingerprint density at radius 3 is 2.70 bits per heavy atom. The van der Waals surface area contributed by atoms with Gasteiger partial charge < -0.3 is 20.4 Å². The highest BCUT2D eigenvalue weighted by atomic mass is 15.2. The molecule has 1 aromatic carbocycles. The Labute approximate surface area is 165 Å². The summed E-state index contributed by atoms with van der Waals surface area (Å²) in [7, 11) is 1.88. The summed E-state index contributed by atoms with van der Waals surface area (Å²) in [5, 5.41) is 7.22. The molecule has 2 aliphatic rings. The van der Waals surface area contributed by atoms with Crippen LogP contribution in [0.3, 0.4) is 0 Å². The van der Waals surface area contributed by atoms with Crippen LogP contribution in [-0.2, 0) is 0 Å². The molecule has 2 unspecified atom stereocenters. The van der Waals surface area contributed by atoms with E-state index in [4.69, 9.17) is 0 Å². The van der Waals surface area contributed by atoms with Gasteiger partial charge in [0.2, 0.25) is 0 Å². The third-order valence-electron chi connectivity index (χ3n) is 5.66. The number of benzene rings is 1. The highest BCUT2D eigenvalue weighted by molar-refractivity contribution is 5.80. The van der Waals surface area contributed by atoms with Crippen LogP contribution < -0.4 is 15.5 Å². The van der Waals surface area contributed by atoms with E-state index in [-0.39, 0.29) is 0 Å². The van der Waals surface area contributed by atoms with Crippen LogP contribution in [0.15, 0.2) is 35.3 Å². The van der Waals surface area contributed by atoms with Crippen molar-refractivity contribution < 1.29 is 0 Å². The summed E-state index contributed by atoms with van der Waals surface area (Å²) in [4.78, 5) is 9.55. The Balaban J connectivity index is 1.42. The van der Waals surface area contributed by atoms with Gasteiger partial charge in [-0.15, -0.1) is 0 Å². The highest BCUT2D eigenvalue weighted by Crippen LogP contribution is 2.20. The molecule has 2 aliphatic heterocycles. The number of piperidine rings is 1. The maximum atomic E-state index is 4.46. The number of guanidine groups is 1. The zero-order valence-electron chi connectivity index (χ0n) is 17.3. The standard InChI is InChI=1S/C22H37N5/c1-18(2)15-26-12-7-8-19(16-26)14-24-22(23-3)25-20-11-13-27(17-20)21-9-5-4-6-10-21/h4-6,9-10,18-20H,7-8,11-17H2,1-3H3,(H2,23,24,25). The molecule has 0 amide bonds. The lowest BCUT2D eigenvalue weighted by Gasteiger charge is -2.34. The largest absolute Gasteiger partial charge is 0.369 e. The first-order valence-corrected chi connectivity index (χ1v) is 10.6. The van der Waals surface area contributed by atoms with Crippen LogP contribution in [0.4, 0.5) is 5.69 Å². The van der Waals surface area contributed by atoms with Gasteiger partial charge in [-0.1, -0.05) is 32.0 Å². The van der Waals surface area contributed by atoms with Gasteiger partial charge in [-0.05, 0) is 49.8 Å². The molecule has 1 aromatic rings. The second-order valence-corrected chi connectivity index (χ2v) is 8.53. The van der Waals surface area contributed by atoms with Gasteiger partial charge >= 0.3 is 0 Å². The van der Waals surface area contributed by atoms with Crippen molar-refractivity contribution >= 4 is 11.6 Å². The number of rotatable bonds is 6. The van der Waals surface area contributed by atoms with Crippen LogP contribution in [0, 0.1) is 11.8 Å². The second-order valence-electron chi connectivity index (χ2n) is 8.53. The predicted octanol–water partition coefficient (Wildman–Crippen LogP) is 2.80. The van der Waals surface area contributed by atoms with Crippen molar-refractivity contribution in [2.75, 3.05) is 51.2 Å². The summed E-state index contributed by atoms with van der Waals surface area (Å²) in [6.07, 6.45) is 3.80. The van der Waals surface area contributed by atoms with E-state index in [2.05, 4.69) is 69.6 Å². The predicted molar refractivity (Wildman–Crippen MR) is 116 cm³/mol. The van der Waals surface area contributed by atoms with Gasteiger partial charge in [0.25, 0.3) is 0 Å². The van der Waals surface area contributed by atoms with Crippen molar-refractivity contribution in [3.05, 3.63) is 30.3 Å². The topological polar surface area (TPSA) is 42.9 Å². The van der Waals surface area contributed by atoms with Gasteiger partial charge in [0.1, 0.15) is 0 Å². The molecule has 5 heteroatoms. The zero-order valence-corrected chi connectivity index (χ0v) is 17.3. The van der Waals surface area contributed by atoms with Crippen LogP contribution >= 0.6 is 0 Å². The van der Waals surface area contributed by atoms with Crippen LogP contribution in [0.1, 0.15) is 33.1 Å². The monoisotopic (exact) mass is 371 g/mol. The lowest BCUT2D eigenvalue weighted by atomic mass is 9.97. The molecule has 2 fully saturated rings. The van der Waals surface area contributed by atoms with Crippen molar-refractivity contribution in [3.8, 4) is 0 Å². The van der Waals surface area contributed by atoms with E-state index in [1.54, 1.807) is 0 Å². The maximum absolute atomic E-state index is 4.46. The van der Waals surface area contributed by atoms with Gasteiger partial charge in [-0.3, -0.25) is 4.99 Å². The average molecular weight is 372 g/mol. The van der Waals surface area contributed by atoms with Crippen LogP contribution in [0.25, 0.3) is 0 Å². The van der Waals surface area contributed by atoms with Gasteiger partial charge in [-0.25, -0.2) is 0 Å². The van der Waals surface area contributed by atoms with Crippen LogP contribution in [-0.4, -0.2) is 63.2 Å². The first-order valence-electron chi connectivity index (χ1n) is 10.6. The number of nitrogens with one attached hydrogen (secondary N) is 2. The molecule has 150 valence electrons. The van der Waals surface area contributed by atoms with E-state index < -0.39 is 0 Å². The molecule has 0 saturated carbocycles. The molecule has 0 spiro atoms. The molecule has 3 rings (SSSR count). The third kappa shape index (κ3) is 6.13. The number of hydrogen-bond donors (Lipinski definition) is 2. The molecule has 0 aromatic heterocycles. The normalized spacial score (nSPS) is 24.4. The quantitative estimate of drug-likeness (QED) is 0.596. The van der Waals surface area contributed by atoms with Gasteiger partial charge in [0.15, 0.2) is 5.96 Å². The van der Waals surface area contributed by atoms with Crippen LogP contribution in [0.2, 0.25) is 0 Å². The van der Waals surface area contributed by atoms with E-state index in [1.807, 2.05) is 7.05 Å². The van der Waals surface area contributed by atoms with Crippen LogP contribution in [0.5, 0.6) is 0 Å². The fraction of sp³-hybridized carbons (Fsp3) is 0.682. The lowest BCUT2D eigenvalue weighted by molar-refractivity contribution is 0.159. The second kappa shape index (κ2) is 9.98. The first-order chi connectivity index (χ1) is 13.1. The number of para-hydroxylation sites is 1. The summed E-state index contributed by atoms with van der Waals surface area (Å²) in [6, 6.07) is 11.2. The minimum absolute atomic E-state index is 0.459. The summed E-state index contributed by atoms with van der Waals surface area (Å²) < 4.78 is 0. The average Bonchev–Trinajstić information content (AvgIpc) is 3.14. The number of aliphatic imine (C=N–C) groups is 1. The number of likely N-dealkylation sites (tertiary alicyclic amines) is 1. The Morgan fingerprint density at radius 1 is 1.15 bits per heavy atom. The Hall–Kier alpha value is -1.75. The molecule has 2 heterocycles. The third-order valence-corrected chi connectivity index (χ3v) is 5.66. The van der Waals surface area contributed by atoms with E-state index in [0.717, 1.165) is 43.9 Å². The Morgan fingerprint density at radius 2 is 1.96 bits per heavy atom.